The second-order valence-electron chi connectivity index (χ2n) is 7.97. The third-order valence-electron chi connectivity index (χ3n) is 6.37. The van der Waals surface area contributed by atoms with Crippen molar-refractivity contribution in [2.45, 2.75) is 32.1 Å². The first-order valence-electron chi connectivity index (χ1n) is 10.1. The number of benzene rings is 2. The lowest BCUT2D eigenvalue weighted by Crippen LogP contribution is -2.10. The SMILES string of the molecule is C1=CC2CCc3ccccc3C2=C1.O=C1C=C2c3ccccc3CCC2C1. The monoisotopic (exact) mass is 352 g/mol. The molecule has 4 aliphatic rings. The fourth-order valence-electron chi connectivity index (χ4n) is 5.00. The predicted octanol–water partition coefficient (Wildman–Crippen LogP) is 5.81. The van der Waals surface area contributed by atoms with Crippen LogP contribution in [0.1, 0.15) is 41.5 Å². The maximum Gasteiger partial charge on any atom is 0.156 e. The number of carbonyl (C=O) groups excluding carboxylic acids is 1. The highest BCUT2D eigenvalue weighted by Gasteiger charge is 2.30. The third kappa shape index (κ3) is 3.02. The summed E-state index contributed by atoms with van der Waals surface area (Å²) in [6.07, 6.45) is 14.2. The van der Waals surface area contributed by atoms with Crippen LogP contribution in [-0.2, 0) is 17.6 Å². The molecule has 0 spiro atoms. The summed E-state index contributed by atoms with van der Waals surface area (Å²) in [4.78, 5) is 11.3. The minimum absolute atomic E-state index is 0.307. The van der Waals surface area contributed by atoms with Crippen molar-refractivity contribution in [3.8, 4) is 0 Å². The molecule has 0 saturated heterocycles. The zero-order valence-electron chi connectivity index (χ0n) is 15.5. The van der Waals surface area contributed by atoms with Gasteiger partial charge in [0.05, 0.1) is 0 Å². The number of rotatable bonds is 0. The van der Waals surface area contributed by atoms with Gasteiger partial charge in [0.2, 0.25) is 0 Å². The minimum Gasteiger partial charge on any atom is -0.295 e. The standard InChI is InChI=1S/C13H12O.C13H12/c14-11-7-10-6-5-9-3-1-2-4-12(9)13(10)8-11;1-2-6-12-10(4-1)8-9-11-5-3-7-13(11)12/h1-4,8,10H,5-7H2;1-7,11H,8-9H2. The summed E-state index contributed by atoms with van der Waals surface area (Å²) in [5.41, 5.74) is 8.54. The van der Waals surface area contributed by atoms with Crippen LogP contribution in [0.3, 0.4) is 0 Å². The molecule has 0 saturated carbocycles. The number of hydrogen-bond acceptors (Lipinski definition) is 1. The molecule has 0 aliphatic heterocycles. The molecule has 1 heteroatoms. The van der Waals surface area contributed by atoms with E-state index in [1.165, 1.54) is 46.2 Å². The maximum absolute atomic E-state index is 11.3. The van der Waals surface area contributed by atoms with Crippen LogP contribution in [0.25, 0.3) is 11.1 Å². The van der Waals surface area contributed by atoms with E-state index in [-0.39, 0.29) is 0 Å². The van der Waals surface area contributed by atoms with Gasteiger partial charge in [0, 0.05) is 12.3 Å². The Kier molecular flexibility index (Phi) is 4.16. The summed E-state index contributed by atoms with van der Waals surface area (Å²) in [5, 5.41) is 0. The topological polar surface area (TPSA) is 17.1 Å². The molecule has 0 fully saturated rings. The van der Waals surface area contributed by atoms with E-state index in [0.717, 1.165) is 19.3 Å². The van der Waals surface area contributed by atoms with Gasteiger partial charge in [-0.05, 0) is 71.1 Å². The smallest absolute Gasteiger partial charge is 0.156 e. The van der Waals surface area contributed by atoms with Gasteiger partial charge in [-0.1, -0.05) is 66.8 Å². The molecule has 0 heterocycles. The number of allylic oxidation sites excluding steroid dienone is 6. The molecule has 2 atom stereocenters. The van der Waals surface area contributed by atoms with E-state index in [9.17, 15) is 4.79 Å². The Morgan fingerprint density at radius 3 is 2.22 bits per heavy atom. The summed E-state index contributed by atoms with van der Waals surface area (Å²) in [5.74, 6) is 1.52. The molecular weight excluding hydrogens is 328 g/mol. The first-order chi connectivity index (χ1) is 13.3. The second kappa shape index (κ2) is 6.81. The van der Waals surface area contributed by atoms with Crippen molar-refractivity contribution in [3.63, 3.8) is 0 Å². The van der Waals surface area contributed by atoms with Crippen LogP contribution in [0.4, 0.5) is 0 Å². The zero-order valence-corrected chi connectivity index (χ0v) is 15.5. The minimum atomic E-state index is 0.307. The lowest BCUT2D eigenvalue weighted by molar-refractivity contribution is -0.114. The van der Waals surface area contributed by atoms with Crippen molar-refractivity contribution >= 4 is 16.9 Å². The molecule has 0 radical (unpaired) electrons. The van der Waals surface area contributed by atoms with Crippen molar-refractivity contribution < 1.29 is 4.79 Å². The van der Waals surface area contributed by atoms with Crippen LogP contribution in [-0.4, -0.2) is 5.78 Å². The van der Waals surface area contributed by atoms with Gasteiger partial charge in [-0.3, -0.25) is 4.79 Å². The van der Waals surface area contributed by atoms with Gasteiger partial charge in [0.1, 0.15) is 0 Å². The van der Waals surface area contributed by atoms with Crippen LogP contribution < -0.4 is 0 Å². The summed E-state index contributed by atoms with van der Waals surface area (Å²) in [6, 6.07) is 17.2. The van der Waals surface area contributed by atoms with Crippen molar-refractivity contribution in [2.75, 3.05) is 0 Å². The van der Waals surface area contributed by atoms with E-state index < -0.39 is 0 Å². The number of aryl methyl sites for hydroxylation is 2. The molecule has 27 heavy (non-hydrogen) atoms. The fraction of sp³-hybridized carbons (Fsp3) is 0.269. The molecular formula is C26H24O. The quantitative estimate of drug-likeness (QED) is 0.585. The predicted molar refractivity (Wildman–Crippen MR) is 111 cm³/mol. The maximum atomic E-state index is 11.3. The van der Waals surface area contributed by atoms with Crippen LogP contribution in [0.15, 0.2) is 72.8 Å². The normalized spacial score (nSPS) is 23.9. The number of hydrogen-bond donors (Lipinski definition) is 0. The van der Waals surface area contributed by atoms with Gasteiger partial charge < -0.3 is 0 Å². The highest BCUT2D eigenvalue weighted by molar-refractivity contribution is 6.03. The molecule has 1 nitrogen and oxygen atoms in total. The Labute approximate surface area is 161 Å². The Morgan fingerprint density at radius 2 is 1.44 bits per heavy atom. The first-order valence-corrected chi connectivity index (χ1v) is 10.1. The van der Waals surface area contributed by atoms with E-state index in [2.05, 4.69) is 66.8 Å². The molecule has 2 aromatic carbocycles. The Bertz CT molecular complexity index is 989. The van der Waals surface area contributed by atoms with E-state index >= 15 is 0 Å². The lowest BCUT2D eigenvalue weighted by atomic mass is 9.81. The number of carbonyl (C=O) groups is 1. The molecule has 4 aliphatic carbocycles. The number of ketones is 1. The average Bonchev–Trinajstić information content (AvgIpc) is 3.34. The molecule has 2 aromatic rings. The molecule has 0 bridgehead atoms. The van der Waals surface area contributed by atoms with Crippen molar-refractivity contribution in [1.29, 1.82) is 0 Å². The first kappa shape index (κ1) is 16.5. The second-order valence-corrected chi connectivity index (χ2v) is 7.97. The van der Waals surface area contributed by atoms with Crippen molar-refractivity contribution in [1.82, 2.24) is 0 Å². The van der Waals surface area contributed by atoms with E-state index in [1.807, 2.05) is 6.08 Å². The highest BCUT2D eigenvalue weighted by Crippen LogP contribution is 2.41. The lowest BCUT2D eigenvalue weighted by Gasteiger charge is -2.23. The summed E-state index contributed by atoms with van der Waals surface area (Å²) < 4.78 is 0. The van der Waals surface area contributed by atoms with Gasteiger partial charge in [0.25, 0.3) is 0 Å². The van der Waals surface area contributed by atoms with Crippen molar-refractivity contribution in [2.24, 2.45) is 11.8 Å². The molecule has 2 unspecified atom stereocenters. The van der Waals surface area contributed by atoms with Crippen LogP contribution in [0, 0.1) is 11.8 Å². The van der Waals surface area contributed by atoms with Crippen LogP contribution in [0.2, 0.25) is 0 Å². The molecule has 0 aromatic heterocycles. The Balaban J connectivity index is 0.000000119. The summed E-state index contributed by atoms with van der Waals surface area (Å²) >= 11 is 0. The summed E-state index contributed by atoms with van der Waals surface area (Å²) in [6.45, 7) is 0. The van der Waals surface area contributed by atoms with Gasteiger partial charge in [-0.2, -0.15) is 0 Å². The van der Waals surface area contributed by atoms with Gasteiger partial charge >= 0.3 is 0 Å². The van der Waals surface area contributed by atoms with Gasteiger partial charge in [0.15, 0.2) is 5.78 Å². The molecule has 134 valence electrons. The summed E-state index contributed by atoms with van der Waals surface area (Å²) in [7, 11) is 0. The van der Waals surface area contributed by atoms with Crippen molar-refractivity contribution in [3.05, 3.63) is 95.1 Å². The average molecular weight is 352 g/mol. The van der Waals surface area contributed by atoms with E-state index in [1.54, 1.807) is 0 Å². The third-order valence-corrected chi connectivity index (χ3v) is 6.37. The van der Waals surface area contributed by atoms with E-state index in [4.69, 9.17) is 0 Å². The number of fused-ring (bicyclic) bond motifs is 6. The van der Waals surface area contributed by atoms with Gasteiger partial charge in [-0.15, -0.1) is 0 Å². The Hall–Kier alpha value is -2.67. The van der Waals surface area contributed by atoms with Crippen LogP contribution in [0.5, 0.6) is 0 Å². The van der Waals surface area contributed by atoms with Crippen LogP contribution >= 0.6 is 0 Å². The molecule has 0 amide bonds. The largest absolute Gasteiger partial charge is 0.295 e. The molecule has 6 rings (SSSR count). The van der Waals surface area contributed by atoms with Gasteiger partial charge in [-0.25, -0.2) is 0 Å². The van der Waals surface area contributed by atoms with E-state index in [0.29, 0.717) is 17.6 Å². The Morgan fingerprint density at radius 1 is 0.778 bits per heavy atom. The fourth-order valence-corrected chi connectivity index (χ4v) is 5.00. The highest BCUT2D eigenvalue weighted by atomic mass is 16.1. The molecule has 0 N–H and O–H groups in total. The zero-order chi connectivity index (χ0) is 18.2.